The van der Waals surface area contributed by atoms with Crippen molar-refractivity contribution in [2.24, 2.45) is 5.92 Å². The molecule has 3 nitrogen and oxygen atoms in total. The van der Waals surface area contributed by atoms with Gasteiger partial charge in [0, 0.05) is 12.5 Å². The maximum Gasteiger partial charge on any atom is 0.122 e. The Balaban J connectivity index is 2.30. The lowest BCUT2D eigenvalue weighted by atomic mass is 9.88. The van der Waals surface area contributed by atoms with Crippen molar-refractivity contribution in [3.8, 4) is 5.75 Å². The molecule has 1 aliphatic rings. The Hall–Kier alpha value is -1.06. The second kappa shape index (κ2) is 5.29. The number of hydrogen-bond donors (Lipinski definition) is 1. The molecule has 1 aromatic rings. The molecule has 100 valence electrons. The van der Waals surface area contributed by atoms with Gasteiger partial charge in [0.25, 0.3) is 0 Å². The number of benzene rings is 1. The fourth-order valence-electron chi connectivity index (χ4n) is 2.74. The summed E-state index contributed by atoms with van der Waals surface area (Å²) in [4.78, 5) is 0. The Labute approximate surface area is 109 Å². The van der Waals surface area contributed by atoms with E-state index in [9.17, 15) is 5.11 Å². The summed E-state index contributed by atoms with van der Waals surface area (Å²) in [7, 11) is 1.67. The third-order valence-corrected chi connectivity index (χ3v) is 3.94. The molecule has 18 heavy (non-hydrogen) atoms. The zero-order chi connectivity index (χ0) is 13.3. The van der Waals surface area contributed by atoms with Gasteiger partial charge in [-0.15, -0.1) is 0 Å². The minimum absolute atomic E-state index is 0.127. The summed E-state index contributed by atoms with van der Waals surface area (Å²) in [6, 6.07) is 4.03. The van der Waals surface area contributed by atoms with Crippen molar-refractivity contribution >= 4 is 0 Å². The van der Waals surface area contributed by atoms with E-state index in [0.717, 1.165) is 35.5 Å². The zero-order valence-corrected chi connectivity index (χ0v) is 11.6. The van der Waals surface area contributed by atoms with Crippen LogP contribution in [0.25, 0.3) is 0 Å². The highest BCUT2D eigenvalue weighted by Crippen LogP contribution is 2.36. The summed E-state index contributed by atoms with van der Waals surface area (Å²) >= 11 is 0. The fourth-order valence-corrected chi connectivity index (χ4v) is 2.74. The molecule has 1 aliphatic heterocycles. The van der Waals surface area contributed by atoms with Crippen molar-refractivity contribution in [1.82, 2.24) is 0 Å². The van der Waals surface area contributed by atoms with Crippen LogP contribution < -0.4 is 4.74 Å². The Morgan fingerprint density at radius 1 is 1.33 bits per heavy atom. The van der Waals surface area contributed by atoms with Gasteiger partial charge in [-0.3, -0.25) is 0 Å². The quantitative estimate of drug-likeness (QED) is 0.896. The summed E-state index contributed by atoms with van der Waals surface area (Å²) in [5.41, 5.74) is 3.13. The molecule has 3 unspecified atom stereocenters. The van der Waals surface area contributed by atoms with Crippen LogP contribution in [0, 0.1) is 19.8 Å². The van der Waals surface area contributed by atoms with Crippen LogP contribution in [0.4, 0.5) is 0 Å². The smallest absolute Gasteiger partial charge is 0.122 e. The first-order chi connectivity index (χ1) is 8.54. The van der Waals surface area contributed by atoms with Gasteiger partial charge in [-0.1, -0.05) is 0 Å². The first-order valence-corrected chi connectivity index (χ1v) is 6.49. The van der Waals surface area contributed by atoms with Gasteiger partial charge < -0.3 is 14.6 Å². The standard InChI is InChI=1S/C15H22O3/c1-9-8-14(17-4)10(2)7-13(9)15(16)12-5-6-18-11(12)3/h7-8,11-12,15-16H,5-6H2,1-4H3. The number of ether oxygens (including phenoxy) is 2. The van der Waals surface area contributed by atoms with E-state index in [2.05, 4.69) is 0 Å². The molecule has 0 aromatic heterocycles. The molecule has 1 saturated heterocycles. The van der Waals surface area contributed by atoms with Gasteiger partial charge in [0.1, 0.15) is 5.75 Å². The summed E-state index contributed by atoms with van der Waals surface area (Å²) in [5.74, 6) is 1.07. The van der Waals surface area contributed by atoms with Gasteiger partial charge in [0.2, 0.25) is 0 Å². The third kappa shape index (κ3) is 2.38. The molecule has 0 saturated carbocycles. The van der Waals surface area contributed by atoms with Crippen LogP contribution >= 0.6 is 0 Å². The van der Waals surface area contributed by atoms with E-state index in [1.165, 1.54) is 0 Å². The number of hydrogen-bond acceptors (Lipinski definition) is 3. The van der Waals surface area contributed by atoms with E-state index >= 15 is 0 Å². The molecule has 0 aliphatic carbocycles. The van der Waals surface area contributed by atoms with E-state index in [1.54, 1.807) is 7.11 Å². The lowest BCUT2D eigenvalue weighted by Gasteiger charge is -2.23. The Morgan fingerprint density at radius 3 is 2.61 bits per heavy atom. The van der Waals surface area contributed by atoms with E-state index in [-0.39, 0.29) is 12.0 Å². The molecule has 2 rings (SSSR count). The second-order valence-electron chi connectivity index (χ2n) is 5.15. The maximum atomic E-state index is 10.5. The van der Waals surface area contributed by atoms with Crippen LogP contribution in [-0.4, -0.2) is 24.9 Å². The van der Waals surface area contributed by atoms with Crippen LogP contribution in [0.3, 0.4) is 0 Å². The van der Waals surface area contributed by atoms with Crippen molar-refractivity contribution in [2.75, 3.05) is 13.7 Å². The van der Waals surface area contributed by atoms with Crippen LogP contribution in [0.15, 0.2) is 12.1 Å². The van der Waals surface area contributed by atoms with E-state index < -0.39 is 6.10 Å². The summed E-state index contributed by atoms with van der Waals surface area (Å²) in [6.45, 7) is 6.80. The molecule has 0 amide bonds. The predicted molar refractivity (Wildman–Crippen MR) is 70.9 cm³/mol. The van der Waals surface area contributed by atoms with Gasteiger partial charge in [-0.25, -0.2) is 0 Å². The fraction of sp³-hybridized carbons (Fsp3) is 0.600. The van der Waals surface area contributed by atoms with Gasteiger partial charge in [-0.05, 0) is 56.0 Å². The molecule has 3 atom stereocenters. The number of aryl methyl sites for hydroxylation is 2. The van der Waals surface area contributed by atoms with Crippen LogP contribution in [-0.2, 0) is 4.74 Å². The molecule has 1 N–H and O–H groups in total. The molecule has 0 spiro atoms. The van der Waals surface area contributed by atoms with E-state index in [1.807, 2.05) is 32.9 Å². The van der Waals surface area contributed by atoms with Crippen LogP contribution in [0.5, 0.6) is 5.75 Å². The van der Waals surface area contributed by atoms with Crippen molar-refractivity contribution in [3.05, 3.63) is 28.8 Å². The summed E-state index contributed by atoms with van der Waals surface area (Å²) in [5, 5.41) is 10.5. The van der Waals surface area contributed by atoms with E-state index in [4.69, 9.17) is 9.47 Å². The monoisotopic (exact) mass is 250 g/mol. The van der Waals surface area contributed by atoms with Gasteiger partial charge in [-0.2, -0.15) is 0 Å². The molecular formula is C15H22O3. The molecule has 3 heteroatoms. The molecular weight excluding hydrogens is 228 g/mol. The Morgan fingerprint density at radius 2 is 2.06 bits per heavy atom. The first-order valence-electron chi connectivity index (χ1n) is 6.49. The maximum absolute atomic E-state index is 10.5. The molecule has 1 aromatic carbocycles. The average Bonchev–Trinajstić information content (AvgIpc) is 2.77. The molecule has 0 radical (unpaired) electrons. The van der Waals surface area contributed by atoms with Crippen LogP contribution in [0.2, 0.25) is 0 Å². The molecule has 0 bridgehead atoms. The average molecular weight is 250 g/mol. The normalized spacial score (nSPS) is 25.2. The number of aliphatic hydroxyl groups is 1. The summed E-state index contributed by atoms with van der Waals surface area (Å²) < 4.78 is 10.8. The SMILES string of the molecule is COc1cc(C)c(C(O)C2CCOC2C)cc1C. The van der Waals surface area contributed by atoms with Gasteiger partial charge in [0.05, 0.1) is 19.3 Å². The van der Waals surface area contributed by atoms with Crippen LogP contribution in [0.1, 0.15) is 36.1 Å². The van der Waals surface area contributed by atoms with E-state index in [0.29, 0.717) is 0 Å². The summed E-state index contributed by atoms with van der Waals surface area (Å²) in [6.07, 6.45) is 0.598. The van der Waals surface area contributed by atoms with Gasteiger partial charge >= 0.3 is 0 Å². The molecule has 1 fully saturated rings. The highest BCUT2D eigenvalue weighted by molar-refractivity contribution is 5.42. The minimum atomic E-state index is -0.452. The largest absolute Gasteiger partial charge is 0.496 e. The highest BCUT2D eigenvalue weighted by atomic mass is 16.5. The Bertz CT molecular complexity index is 428. The number of methoxy groups -OCH3 is 1. The van der Waals surface area contributed by atoms with Crippen molar-refractivity contribution in [2.45, 2.75) is 39.4 Å². The lowest BCUT2D eigenvalue weighted by Crippen LogP contribution is -2.20. The third-order valence-electron chi connectivity index (χ3n) is 3.94. The topological polar surface area (TPSA) is 38.7 Å². The lowest BCUT2D eigenvalue weighted by molar-refractivity contribution is 0.0428. The zero-order valence-electron chi connectivity index (χ0n) is 11.6. The minimum Gasteiger partial charge on any atom is -0.496 e. The first kappa shape index (κ1) is 13.4. The second-order valence-corrected chi connectivity index (χ2v) is 5.15. The number of aliphatic hydroxyl groups excluding tert-OH is 1. The Kier molecular flexibility index (Phi) is 3.93. The van der Waals surface area contributed by atoms with Gasteiger partial charge in [0.15, 0.2) is 0 Å². The molecule has 1 heterocycles. The predicted octanol–water partition coefficient (Wildman–Crippen LogP) is 2.77. The van der Waals surface area contributed by atoms with Crippen molar-refractivity contribution in [1.29, 1.82) is 0 Å². The van der Waals surface area contributed by atoms with Crippen molar-refractivity contribution < 1.29 is 14.6 Å². The highest BCUT2D eigenvalue weighted by Gasteiger charge is 2.32. The van der Waals surface area contributed by atoms with Crippen molar-refractivity contribution in [3.63, 3.8) is 0 Å². The number of rotatable bonds is 3.